The zero-order valence-corrected chi connectivity index (χ0v) is 8.57. The highest BCUT2D eigenvalue weighted by molar-refractivity contribution is 5.86. The summed E-state index contributed by atoms with van der Waals surface area (Å²) in [6, 6.07) is -0.187. The normalized spacial score (nSPS) is 12.9. The van der Waals surface area contributed by atoms with Gasteiger partial charge in [-0.05, 0) is 5.92 Å². The maximum Gasteiger partial charge on any atom is 0.356 e. The van der Waals surface area contributed by atoms with Crippen LogP contribution in [0, 0.1) is 5.92 Å². The van der Waals surface area contributed by atoms with E-state index in [4.69, 9.17) is 5.73 Å². The third kappa shape index (κ3) is 2.11. The largest absolute Gasteiger partial charge is 0.464 e. The van der Waals surface area contributed by atoms with E-state index in [1.807, 2.05) is 13.8 Å². The standard InChI is InChI=1S/C9H15N3O2/c1-5(2)7(10)8-11-4-6(12-8)9(13)14-3/h4-5,7H,10H2,1-3H3,(H,11,12). The number of aromatic amines is 1. The molecule has 3 N–H and O–H groups in total. The van der Waals surface area contributed by atoms with Gasteiger partial charge in [0.2, 0.25) is 0 Å². The number of nitrogens with one attached hydrogen (secondary N) is 1. The third-order valence-electron chi connectivity index (χ3n) is 2.03. The van der Waals surface area contributed by atoms with E-state index in [1.165, 1.54) is 13.3 Å². The number of H-pyrrole nitrogens is 1. The second kappa shape index (κ2) is 4.23. The van der Waals surface area contributed by atoms with Crippen molar-refractivity contribution in [2.75, 3.05) is 7.11 Å². The Balaban J connectivity index is 2.82. The second-order valence-corrected chi connectivity index (χ2v) is 3.44. The zero-order valence-electron chi connectivity index (χ0n) is 8.57. The molecule has 1 atom stereocenters. The number of carbonyl (C=O) groups excluding carboxylic acids is 1. The van der Waals surface area contributed by atoms with E-state index in [9.17, 15) is 4.79 Å². The summed E-state index contributed by atoms with van der Waals surface area (Å²) < 4.78 is 4.54. The van der Waals surface area contributed by atoms with Gasteiger partial charge in [-0.25, -0.2) is 9.78 Å². The minimum atomic E-state index is -0.431. The highest BCUT2D eigenvalue weighted by atomic mass is 16.5. The number of esters is 1. The number of aromatic nitrogens is 2. The number of ether oxygens (including phenoxy) is 1. The van der Waals surface area contributed by atoms with Gasteiger partial charge in [-0.1, -0.05) is 13.8 Å². The van der Waals surface area contributed by atoms with E-state index < -0.39 is 5.97 Å². The molecular weight excluding hydrogens is 182 g/mol. The molecule has 14 heavy (non-hydrogen) atoms. The van der Waals surface area contributed by atoms with E-state index in [0.717, 1.165) is 0 Å². The SMILES string of the molecule is COC(=O)c1cnc(C(N)C(C)C)[nH]1. The van der Waals surface area contributed by atoms with Gasteiger partial charge >= 0.3 is 5.97 Å². The topological polar surface area (TPSA) is 81.0 Å². The molecule has 0 aromatic carbocycles. The summed E-state index contributed by atoms with van der Waals surface area (Å²) >= 11 is 0. The quantitative estimate of drug-likeness (QED) is 0.704. The van der Waals surface area contributed by atoms with Crippen LogP contribution in [0.15, 0.2) is 6.20 Å². The van der Waals surface area contributed by atoms with Gasteiger partial charge < -0.3 is 15.5 Å². The fourth-order valence-corrected chi connectivity index (χ4v) is 1.04. The van der Waals surface area contributed by atoms with Crippen molar-refractivity contribution in [1.29, 1.82) is 0 Å². The van der Waals surface area contributed by atoms with Crippen LogP contribution in [0.5, 0.6) is 0 Å². The number of methoxy groups -OCH3 is 1. The molecule has 0 radical (unpaired) electrons. The Kier molecular flexibility index (Phi) is 3.24. The summed E-state index contributed by atoms with van der Waals surface area (Å²) in [6.45, 7) is 3.98. The van der Waals surface area contributed by atoms with Crippen molar-refractivity contribution in [3.8, 4) is 0 Å². The Bertz CT molecular complexity index is 320. The number of nitrogens with two attached hydrogens (primary N) is 1. The average Bonchev–Trinajstić information content (AvgIpc) is 2.64. The number of hydrogen-bond acceptors (Lipinski definition) is 4. The average molecular weight is 197 g/mol. The molecule has 1 heterocycles. The fraction of sp³-hybridized carbons (Fsp3) is 0.556. The van der Waals surface area contributed by atoms with Crippen LogP contribution in [0.25, 0.3) is 0 Å². The first-order chi connectivity index (χ1) is 6.56. The van der Waals surface area contributed by atoms with E-state index in [1.54, 1.807) is 0 Å². The molecule has 5 nitrogen and oxygen atoms in total. The Morgan fingerprint density at radius 2 is 2.29 bits per heavy atom. The van der Waals surface area contributed by atoms with Gasteiger partial charge in [0.25, 0.3) is 0 Å². The van der Waals surface area contributed by atoms with Crippen LogP contribution in [0.2, 0.25) is 0 Å². The van der Waals surface area contributed by atoms with Crippen LogP contribution >= 0.6 is 0 Å². The lowest BCUT2D eigenvalue weighted by molar-refractivity contribution is 0.0594. The van der Waals surface area contributed by atoms with Crippen molar-refractivity contribution < 1.29 is 9.53 Å². The second-order valence-electron chi connectivity index (χ2n) is 3.44. The lowest BCUT2D eigenvalue weighted by atomic mass is 10.1. The van der Waals surface area contributed by atoms with Crippen LogP contribution in [-0.2, 0) is 4.74 Å². The molecule has 1 aromatic rings. The Labute approximate surface area is 82.7 Å². The Morgan fingerprint density at radius 3 is 2.79 bits per heavy atom. The van der Waals surface area contributed by atoms with Gasteiger partial charge in [0.15, 0.2) is 0 Å². The highest BCUT2D eigenvalue weighted by Crippen LogP contribution is 2.15. The van der Waals surface area contributed by atoms with E-state index in [0.29, 0.717) is 11.5 Å². The predicted octanol–water partition coefficient (Wildman–Crippen LogP) is 0.852. The molecule has 1 unspecified atom stereocenters. The Hall–Kier alpha value is -1.36. The van der Waals surface area contributed by atoms with Gasteiger partial charge in [0.1, 0.15) is 11.5 Å². The van der Waals surface area contributed by atoms with Crippen molar-refractivity contribution in [1.82, 2.24) is 9.97 Å². The van der Waals surface area contributed by atoms with Crippen LogP contribution in [0.1, 0.15) is 36.2 Å². The van der Waals surface area contributed by atoms with E-state index in [-0.39, 0.29) is 12.0 Å². The lowest BCUT2D eigenvalue weighted by Gasteiger charge is -2.11. The summed E-state index contributed by atoms with van der Waals surface area (Å²) in [5, 5.41) is 0. The molecule has 0 aliphatic carbocycles. The summed E-state index contributed by atoms with van der Waals surface area (Å²) in [6.07, 6.45) is 1.43. The minimum Gasteiger partial charge on any atom is -0.464 e. The molecule has 0 aliphatic heterocycles. The summed E-state index contributed by atoms with van der Waals surface area (Å²) in [5.74, 6) is 0.451. The monoisotopic (exact) mass is 197 g/mol. The van der Waals surface area contributed by atoms with Crippen molar-refractivity contribution in [2.45, 2.75) is 19.9 Å². The van der Waals surface area contributed by atoms with E-state index in [2.05, 4.69) is 14.7 Å². The van der Waals surface area contributed by atoms with Crippen molar-refractivity contribution in [3.05, 3.63) is 17.7 Å². The van der Waals surface area contributed by atoms with Gasteiger partial charge in [-0.15, -0.1) is 0 Å². The number of rotatable bonds is 3. The van der Waals surface area contributed by atoms with Gasteiger partial charge in [-0.2, -0.15) is 0 Å². The molecule has 1 rings (SSSR count). The summed E-state index contributed by atoms with van der Waals surface area (Å²) in [7, 11) is 1.32. The number of carbonyl (C=O) groups is 1. The van der Waals surface area contributed by atoms with Crippen molar-refractivity contribution in [2.24, 2.45) is 11.7 Å². The first kappa shape index (κ1) is 10.7. The maximum absolute atomic E-state index is 11.1. The molecule has 1 aromatic heterocycles. The lowest BCUT2D eigenvalue weighted by Crippen LogP contribution is -2.18. The number of hydrogen-bond donors (Lipinski definition) is 2. The first-order valence-electron chi connectivity index (χ1n) is 4.45. The zero-order chi connectivity index (χ0) is 10.7. The number of nitrogens with zero attached hydrogens (tertiary/aromatic N) is 1. The maximum atomic E-state index is 11.1. The predicted molar refractivity (Wildman–Crippen MR) is 51.7 cm³/mol. The van der Waals surface area contributed by atoms with Gasteiger partial charge in [0, 0.05) is 0 Å². The third-order valence-corrected chi connectivity index (χ3v) is 2.03. The molecular formula is C9H15N3O2. The number of imidazole rings is 1. The van der Waals surface area contributed by atoms with Crippen LogP contribution in [0.3, 0.4) is 0 Å². The van der Waals surface area contributed by atoms with E-state index >= 15 is 0 Å². The van der Waals surface area contributed by atoms with Gasteiger partial charge in [-0.3, -0.25) is 0 Å². The molecule has 0 spiro atoms. The van der Waals surface area contributed by atoms with Crippen molar-refractivity contribution in [3.63, 3.8) is 0 Å². The molecule has 0 aliphatic rings. The molecule has 0 amide bonds. The molecule has 0 saturated heterocycles. The highest BCUT2D eigenvalue weighted by Gasteiger charge is 2.16. The molecule has 78 valence electrons. The summed E-state index contributed by atoms with van der Waals surface area (Å²) in [5.41, 5.74) is 6.18. The molecule has 5 heteroatoms. The fourth-order valence-electron chi connectivity index (χ4n) is 1.04. The minimum absolute atomic E-state index is 0.187. The van der Waals surface area contributed by atoms with Crippen LogP contribution in [-0.4, -0.2) is 23.0 Å². The Morgan fingerprint density at radius 1 is 1.64 bits per heavy atom. The summed E-state index contributed by atoms with van der Waals surface area (Å²) in [4.78, 5) is 17.9. The molecule has 0 saturated carbocycles. The molecule has 0 fully saturated rings. The molecule has 0 bridgehead atoms. The van der Waals surface area contributed by atoms with Crippen LogP contribution in [0.4, 0.5) is 0 Å². The smallest absolute Gasteiger partial charge is 0.356 e. The van der Waals surface area contributed by atoms with Crippen molar-refractivity contribution >= 4 is 5.97 Å². The first-order valence-corrected chi connectivity index (χ1v) is 4.45. The van der Waals surface area contributed by atoms with Gasteiger partial charge in [0.05, 0.1) is 19.3 Å². The van der Waals surface area contributed by atoms with Crippen LogP contribution < -0.4 is 5.73 Å².